The van der Waals surface area contributed by atoms with E-state index in [0.717, 1.165) is 5.69 Å². The molecule has 0 unspecified atom stereocenters. The normalized spacial score (nSPS) is 10.1. The van der Waals surface area contributed by atoms with E-state index < -0.39 is 0 Å². The van der Waals surface area contributed by atoms with Crippen molar-refractivity contribution in [3.63, 3.8) is 0 Å². The van der Waals surface area contributed by atoms with Crippen molar-refractivity contribution in [3.05, 3.63) is 58.2 Å². The third-order valence-corrected chi connectivity index (χ3v) is 3.87. The standard InChI is InChI=1S/C15H11ClN2OS/c1-10-2-3-12(8-17)15(18-10)20-9-14(19)11-4-6-13(16)7-5-11/h2-7H,9H2,1H3. The molecule has 20 heavy (non-hydrogen) atoms. The van der Waals surface area contributed by atoms with Crippen LogP contribution in [0.4, 0.5) is 0 Å². The maximum absolute atomic E-state index is 12.0. The lowest BCUT2D eigenvalue weighted by Crippen LogP contribution is -2.03. The van der Waals surface area contributed by atoms with Gasteiger partial charge in [0.2, 0.25) is 0 Å². The number of carbonyl (C=O) groups excluding carboxylic acids is 1. The van der Waals surface area contributed by atoms with Crippen LogP contribution in [0.5, 0.6) is 0 Å². The molecule has 3 nitrogen and oxygen atoms in total. The van der Waals surface area contributed by atoms with Gasteiger partial charge in [-0.05, 0) is 43.3 Å². The van der Waals surface area contributed by atoms with Crippen LogP contribution >= 0.6 is 23.4 Å². The van der Waals surface area contributed by atoms with Gasteiger partial charge in [0, 0.05) is 16.3 Å². The summed E-state index contributed by atoms with van der Waals surface area (Å²) >= 11 is 7.06. The number of nitriles is 1. The van der Waals surface area contributed by atoms with Crippen molar-refractivity contribution in [3.8, 4) is 6.07 Å². The van der Waals surface area contributed by atoms with Crippen molar-refractivity contribution >= 4 is 29.1 Å². The Hall–Kier alpha value is -1.83. The van der Waals surface area contributed by atoms with Gasteiger partial charge in [0.25, 0.3) is 0 Å². The predicted molar refractivity (Wildman–Crippen MR) is 80.2 cm³/mol. The fourth-order valence-corrected chi connectivity index (χ4v) is 2.62. The molecule has 0 radical (unpaired) electrons. The summed E-state index contributed by atoms with van der Waals surface area (Å²) in [4.78, 5) is 16.3. The number of carbonyl (C=O) groups is 1. The lowest BCUT2D eigenvalue weighted by molar-refractivity contribution is 0.102. The smallest absolute Gasteiger partial charge is 0.173 e. The summed E-state index contributed by atoms with van der Waals surface area (Å²) in [5, 5.41) is 10.2. The van der Waals surface area contributed by atoms with E-state index in [0.29, 0.717) is 21.2 Å². The van der Waals surface area contributed by atoms with Crippen LogP contribution in [0.3, 0.4) is 0 Å². The molecule has 1 heterocycles. The zero-order valence-corrected chi connectivity index (χ0v) is 12.3. The number of rotatable bonds is 4. The molecule has 0 aliphatic heterocycles. The molecule has 2 aromatic rings. The van der Waals surface area contributed by atoms with E-state index >= 15 is 0 Å². The van der Waals surface area contributed by atoms with Crippen molar-refractivity contribution in [1.29, 1.82) is 5.26 Å². The molecule has 0 N–H and O–H groups in total. The first-order valence-corrected chi connectivity index (χ1v) is 7.26. The second-order valence-corrected chi connectivity index (χ2v) is 5.54. The number of Topliss-reactive ketones (excluding diaryl/α,β-unsaturated/α-hetero) is 1. The molecule has 0 amide bonds. The SMILES string of the molecule is Cc1ccc(C#N)c(SCC(=O)c2ccc(Cl)cc2)n1. The van der Waals surface area contributed by atoms with E-state index in [2.05, 4.69) is 11.1 Å². The van der Waals surface area contributed by atoms with E-state index in [4.69, 9.17) is 16.9 Å². The largest absolute Gasteiger partial charge is 0.293 e. The summed E-state index contributed by atoms with van der Waals surface area (Å²) in [6, 6.07) is 12.3. The van der Waals surface area contributed by atoms with Crippen LogP contribution < -0.4 is 0 Å². The highest BCUT2D eigenvalue weighted by atomic mass is 35.5. The molecule has 1 aromatic carbocycles. The van der Waals surface area contributed by atoms with Crippen LogP contribution in [0, 0.1) is 18.3 Å². The highest BCUT2D eigenvalue weighted by molar-refractivity contribution is 8.00. The molecule has 0 bridgehead atoms. The minimum Gasteiger partial charge on any atom is -0.293 e. The average Bonchev–Trinajstić information content (AvgIpc) is 2.45. The van der Waals surface area contributed by atoms with Gasteiger partial charge in [-0.2, -0.15) is 5.26 Å². The van der Waals surface area contributed by atoms with Crippen molar-refractivity contribution in [2.24, 2.45) is 0 Å². The molecule has 5 heteroatoms. The molecule has 1 aromatic heterocycles. The maximum Gasteiger partial charge on any atom is 0.173 e. The number of pyridine rings is 1. The fourth-order valence-electron chi connectivity index (χ4n) is 1.58. The molecule has 2 rings (SSSR count). The number of aryl methyl sites for hydroxylation is 1. The summed E-state index contributed by atoms with van der Waals surface area (Å²) in [5.74, 6) is 0.228. The van der Waals surface area contributed by atoms with Gasteiger partial charge >= 0.3 is 0 Å². The Bertz CT molecular complexity index is 677. The number of nitrogens with zero attached hydrogens (tertiary/aromatic N) is 2. The van der Waals surface area contributed by atoms with Gasteiger partial charge in [0.15, 0.2) is 5.78 Å². The number of ketones is 1. The molecular weight excluding hydrogens is 292 g/mol. The van der Waals surface area contributed by atoms with Crippen LogP contribution in [0.25, 0.3) is 0 Å². The third kappa shape index (κ3) is 3.60. The van der Waals surface area contributed by atoms with Crippen LogP contribution in [-0.4, -0.2) is 16.5 Å². The molecule has 100 valence electrons. The molecule has 0 fully saturated rings. The number of benzene rings is 1. The van der Waals surface area contributed by atoms with Crippen LogP contribution in [-0.2, 0) is 0 Å². The van der Waals surface area contributed by atoms with E-state index in [1.165, 1.54) is 11.8 Å². The Balaban J connectivity index is 2.09. The van der Waals surface area contributed by atoms with Gasteiger partial charge in [-0.1, -0.05) is 23.4 Å². The number of aromatic nitrogens is 1. The van der Waals surface area contributed by atoms with E-state index in [1.807, 2.05) is 6.92 Å². The quantitative estimate of drug-likeness (QED) is 0.635. The van der Waals surface area contributed by atoms with Gasteiger partial charge in [0.1, 0.15) is 11.1 Å². The van der Waals surface area contributed by atoms with E-state index in [9.17, 15) is 4.79 Å². The molecule has 0 saturated carbocycles. The fraction of sp³-hybridized carbons (Fsp3) is 0.133. The number of hydrogen-bond acceptors (Lipinski definition) is 4. The minimum atomic E-state index is -0.0149. The average molecular weight is 303 g/mol. The summed E-state index contributed by atoms with van der Waals surface area (Å²) in [7, 11) is 0. The Labute approximate surface area is 126 Å². The van der Waals surface area contributed by atoms with Gasteiger partial charge in [-0.15, -0.1) is 0 Å². The minimum absolute atomic E-state index is 0.0149. The van der Waals surface area contributed by atoms with Gasteiger partial charge < -0.3 is 0 Å². The Morgan fingerprint density at radius 3 is 2.65 bits per heavy atom. The van der Waals surface area contributed by atoms with Crippen LogP contribution in [0.15, 0.2) is 41.4 Å². The second-order valence-electron chi connectivity index (χ2n) is 4.14. The van der Waals surface area contributed by atoms with E-state index in [-0.39, 0.29) is 11.5 Å². The summed E-state index contributed by atoms with van der Waals surface area (Å²) in [6.07, 6.45) is 0. The van der Waals surface area contributed by atoms with Gasteiger partial charge in [0.05, 0.1) is 11.3 Å². The molecular formula is C15H11ClN2OS. The van der Waals surface area contributed by atoms with Gasteiger partial charge in [-0.25, -0.2) is 4.98 Å². The highest BCUT2D eigenvalue weighted by Crippen LogP contribution is 2.22. The zero-order chi connectivity index (χ0) is 14.5. The monoisotopic (exact) mass is 302 g/mol. The molecule has 0 aliphatic rings. The summed E-state index contributed by atoms with van der Waals surface area (Å²) in [5.41, 5.74) is 1.92. The topological polar surface area (TPSA) is 53.8 Å². The first kappa shape index (κ1) is 14.6. The Kier molecular flexibility index (Phi) is 4.78. The van der Waals surface area contributed by atoms with Crippen molar-refractivity contribution in [1.82, 2.24) is 4.98 Å². The van der Waals surface area contributed by atoms with Crippen molar-refractivity contribution in [2.75, 3.05) is 5.75 Å². The lowest BCUT2D eigenvalue weighted by Gasteiger charge is -2.04. The molecule has 0 atom stereocenters. The number of hydrogen-bond donors (Lipinski definition) is 0. The van der Waals surface area contributed by atoms with Gasteiger partial charge in [-0.3, -0.25) is 4.79 Å². The Morgan fingerprint density at radius 1 is 1.30 bits per heavy atom. The predicted octanol–water partition coefficient (Wildman–Crippen LogP) is 3.89. The van der Waals surface area contributed by atoms with Crippen molar-refractivity contribution in [2.45, 2.75) is 11.9 Å². The zero-order valence-electron chi connectivity index (χ0n) is 10.8. The third-order valence-electron chi connectivity index (χ3n) is 2.63. The summed E-state index contributed by atoms with van der Waals surface area (Å²) in [6.45, 7) is 1.85. The number of halogens is 1. The number of thioether (sulfide) groups is 1. The molecule has 0 spiro atoms. The second kappa shape index (κ2) is 6.56. The molecule has 0 aliphatic carbocycles. The highest BCUT2D eigenvalue weighted by Gasteiger charge is 2.10. The summed E-state index contributed by atoms with van der Waals surface area (Å²) < 4.78 is 0. The van der Waals surface area contributed by atoms with E-state index in [1.54, 1.807) is 36.4 Å². The van der Waals surface area contributed by atoms with Crippen LogP contribution in [0.2, 0.25) is 5.02 Å². The maximum atomic E-state index is 12.0. The first-order valence-electron chi connectivity index (χ1n) is 5.89. The Morgan fingerprint density at radius 2 is 2.00 bits per heavy atom. The first-order chi connectivity index (χ1) is 9.60. The van der Waals surface area contributed by atoms with Crippen LogP contribution in [0.1, 0.15) is 21.6 Å². The molecule has 0 saturated heterocycles. The lowest BCUT2D eigenvalue weighted by atomic mass is 10.1. The van der Waals surface area contributed by atoms with Crippen molar-refractivity contribution < 1.29 is 4.79 Å².